The Labute approximate surface area is 164 Å². The summed E-state index contributed by atoms with van der Waals surface area (Å²) in [5, 5.41) is 9.26. The molecule has 6 nitrogen and oxygen atoms in total. The van der Waals surface area contributed by atoms with Crippen LogP contribution in [0.2, 0.25) is 0 Å². The second kappa shape index (κ2) is 8.20. The number of aliphatic hydroxyl groups excluding tert-OH is 1. The summed E-state index contributed by atoms with van der Waals surface area (Å²) in [5.41, 5.74) is -0.152. The van der Waals surface area contributed by atoms with Crippen LogP contribution < -0.4 is 15.2 Å². The van der Waals surface area contributed by atoms with Gasteiger partial charge in [-0.3, -0.25) is 9.13 Å². The molecule has 0 amide bonds. The molecule has 1 aromatic heterocycles. The van der Waals surface area contributed by atoms with Gasteiger partial charge < -0.3 is 14.6 Å². The van der Waals surface area contributed by atoms with Crippen molar-refractivity contribution in [3.8, 4) is 11.5 Å². The third kappa shape index (κ3) is 4.09. The van der Waals surface area contributed by atoms with Gasteiger partial charge in [-0.05, 0) is 42.8 Å². The number of halogens is 3. The van der Waals surface area contributed by atoms with Crippen molar-refractivity contribution in [1.29, 1.82) is 0 Å². The first-order valence-electron chi connectivity index (χ1n) is 9.01. The number of hydrogen-bond acceptors (Lipinski definition) is 4. The first-order valence-corrected chi connectivity index (χ1v) is 9.01. The zero-order valence-corrected chi connectivity index (χ0v) is 16.0. The molecule has 0 radical (unpaired) electrons. The zero-order chi connectivity index (χ0) is 21.2. The maximum atomic E-state index is 13.1. The Morgan fingerprint density at radius 3 is 2.41 bits per heavy atom. The molecule has 0 aliphatic carbocycles. The normalized spacial score (nSPS) is 11.8. The van der Waals surface area contributed by atoms with E-state index in [1.807, 2.05) is 6.92 Å². The Kier molecular flexibility index (Phi) is 5.88. The lowest BCUT2D eigenvalue weighted by Gasteiger charge is -2.12. The van der Waals surface area contributed by atoms with Crippen molar-refractivity contribution < 1.29 is 27.8 Å². The number of alkyl halides is 3. The molecule has 2 aromatic carbocycles. The molecule has 9 heteroatoms. The molecule has 0 spiro atoms. The van der Waals surface area contributed by atoms with Gasteiger partial charge in [-0.1, -0.05) is 6.07 Å². The summed E-state index contributed by atoms with van der Waals surface area (Å²) in [5.74, 6) is 1.06. The van der Waals surface area contributed by atoms with E-state index >= 15 is 0 Å². The number of fused-ring (bicyclic) bond motifs is 1. The fourth-order valence-corrected chi connectivity index (χ4v) is 3.24. The molecule has 0 fully saturated rings. The van der Waals surface area contributed by atoms with Crippen LogP contribution in [0.15, 0.2) is 41.2 Å². The van der Waals surface area contributed by atoms with Gasteiger partial charge in [0.1, 0.15) is 0 Å². The highest BCUT2D eigenvalue weighted by Gasteiger charge is 2.31. The number of benzene rings is 2. The predicted octanol–water partition coefficient (Wildman–Crippen LogP) is 3.27. The highest BCUT2D eigenvalue weighted by atomic mass is 19.4. The van der Waals surface area contributed by atoms with Crippen LogP contribution in [0.3, 0.4) is 0 Å². The predicted molar refractivity (Wildman–Crippen MR) is 102 cm³/mol. The fourth-order valence-electron chi connectivity index (χ4n) is 3.24. The van der Waals surface area contributed by atoms with E-state index in [4.69, 9.17) is 9.47 Å². The van der Waals surface area contributed by atoms with Crippen LogP contribution in [0.5, 0.6) is 11.5 Å². The molecule has 0 saturated heterocycles. The second-order valence-electron chi connectivity index (χ2n) is 6.36. The van der Waals surface area contributed by atoms with Gasteiger partial charge in [0.05, 0.1) is 50.0 Å². The molecular weight excluding hydrogens is 389 g/mol. The van der Waals surface area contributed by atoms with Gasteiger partial charge in [-0.2, -0.15) is 13.2 Å². The highest BCUT2D eigenvalue weighted by Crippen LogP contribution is 2.32. The average Bonchev–Trinajstić information content (AvgIpc) is 2.93. The van der Waals surface area contributed by atoms with Crippen molar-refractivity contribution in [2.24, 2.45) is 0 Å². The van der Waals surface area contributed by atoms with Crippen molar-refractivity contribution in [1.82, 2.24) is 9.13 Å². The summed E-state index contributed by atoms with van der Waals surface area (Å²) in [6.45, 7) is 1.92. The van der Waals surface area contributed by atoms with E-state index in [0.717, 1.165) is 22.3 Å². The molecule has 3 aromatic rings. The standard InChI is InChI=1S/C20H21F3N2O4/c1-3-29-18-10-13(4-7-17(18)28-2)12-25-15-6-5-14(20(21,22)23)11-16(15)24(8-9-26)19(25)27/h4-7,10-11,26H,3,8-9,12H2,1-2H3. The fraction of sp³-hybridized carbons (Fsp3) is 0.350. The van der Waals surface area contributed by atoms with Crippen LogP contribution in [0.4, 0.5) is 13.2 Å². The van der Waals surface area contributed by atoms with E-state index in [9.17, 15) is 23.1 Å². The third-order valence-electron chi connectivity index (χ3n) is 4.54. The lowest BCUT2D eigenvalue weighted by molar-refractivity contribution is -0.137. The third-order valence-corrected chi connectivity index (χ3v) is 4.54. The number of aromatic nitrogens is 2. The van der Waals surface area contributed by atoms with Gasteiger partial charge in [0, 0.05) is 0 Å². The van der Waals surface area contributed by atoms with E-state index in [-0.39, 0.29) is 25.2 Å². The molecule has 0 aliphatic rings. The molecule has 1 heterocycles. The summed E-state index contributed by atoms with van der Waals surface area (Å²) in [4.78, 5) is 12.9. The number of hydrogen-bond donors (Lipinski definition) is 1. The van der Waals surface area contributed by atoms with E-state index in [2.05, 4.69) is 0 Å². The minimum absolute atomic E-state index is 0.101. The van der Waals surface area contributed by atoms with Gasteiger partial charge >= 0.3 is 11.9 Å². The Balaban J connectivity index is 2.11. The number of ether oxygens (including phenoxy) is 2. The average molecular weight is 410 g/mol. The minimum atomic E-state index is -4.53. The topological polar surface area (TPSA) is 65.6 Å². The molecule has 0 bridgehead atoms. The van der Waals surface area contributed by atoms with E-state index in [1.165, 1.54) is 17.7 Å². The highest BCUT2D eigenvalue weighted by molar-refractivity contribution is 5.77. The Morgan fingerprint density at radius 1 is 1.03 bits per heavy atom. The molecule has 156 valence electrons. The molecule has 1 N–H and O–H groups in total. The van der Waals surface area contributed by atoms with Crippen LogP contribution in [0.1, 0.15) is 18.1 Å². The monoisotopic (exact) mass is 410 g/mol. The lowest BCUT2D eigenvalue weighted by Crippen LogP contribution is -2.25. The van der Waals surface area contributed by atoms with Gasteiger partial charge in [-0.15, -0.1) is 0 Å². The molecule has 0 unspecified atom stereocenters. The zero-order valence-electron chi connectivity index (χ0n) is 16.0. The smallest absolute Gasteiger partial charge is 0.416 e. The Hall–Kier alpha value is -2.94. The molecule has 0 atom stereocenters. The van der Waals surface area contributed by atoms with Crippen molar-refractivity contribution >= 4 is 11.0 Å². The van der Waals surface area contributed by atoms with E-state index in [0.29, 0.717) is 23.6 Å². The number of nitrogens with zero attached hydrogens (tertiary/aromatic N) is 2. The van der Waals surface area contributed by atoms with Crippen molar-refractivity contribution in [3.63, 3.8) is 0 Å². The minimum Gasteiger partial charge on any atom is -0.493 e. The van der Waals surface area contributed by atoms with E-state index < -0.39 is 17.4 Å². The lowest BCUT2D eigenvalue weighted by atomic mass is 10.1. The summed E-state index contributed by atoms with van der Waals surface area (Å²) in [6.07, 6.45) is -4.53. The number of aliphatic hydroxyl groups is 1. The van der Waals surface area contributed by atoms with Crippen LogP contribution in [0.25, 0.3) is 11.0 Å². The van der Waals surface area contributed by atoms with Crippen LogP contribution in [-0.2, 0) is 19.3 Å². The van der Waals surface area contributed by atoms with E-state index in [1.54, 1.807) is 18.2 Å². The molecular formula is C20H21F3N2O4. The van der Waals surface area contributed by atoms with Crippen LogP contribution in [0, 0.1) is 0 Å². The van der Waals surface area contributed by atoms with Gasteiger partial charge in [-0.25, -0.2) is 4.79 Å². The van der Waals surface area contributed by atoms with Crippen molar-refractivity contribution in [2.75, 3.05) is 20.3 Å². The van der Waals surface area contributed by atoms with Gasteiger partial charge in [0.2, 0.25) is 0 Å². The molecule has 0 aliphatic heterocycles. The largest absolute Gasteiger partial charge is 0.493 e. The molecule has 29 heavy (non-hydrogen) atoms. The van der Waals surface area contributed by atoms with Gasteiger partial charge in [0.15, 0.2) is 11.5 Å². The summed E-state index contributed by atoms with van der Waals surface area (Å²) in [7, 11) is 1.52. The SMILES string of the molecule is CCOc1cc(Cn2c(=O)n(CCO)c3cc(C(F)(F)F)ccc32)ccc1OC. The second-order valence-corrected chi connectivity index (χ2v) is 6.36. The number of rotatable bonds is 7. The van der Waals surface area contributed by atoms with Crippen LogP contribution in [-0.4, -0.2) is 34.6 Å². The van der Waals surface area contributed by atoms with Crippen molar-refractivity contribution in [3.05, 3.63) is 58.0 Å². The number of methoxy groups -OCH3 is 1. The summed E-state index contributed by atoms with van der Waals surface area (Å²) in [6, 6.07) is 8.35. The number of imidazole rings is 1. The maximum Gasteiger partial charge on any atom is 0.416 e. The van der Waals surface area contributed by atoms with Gasteiger partial charge in [0.25, 0.3) is 0 Å². The maximum absolute atomic E-state index is 13.1. The quantitative estimate of drug-likeness (QED) is 0.649. The van der Waals surface area contributed by atoms with Crippen LogP contribution >= 0.6 is 0 Å². The molecule has 0 saturated carbocycles. The Morgan fingerprint density at radius 2 is 1.79 bits per heavy atom. The first-order chi connectivity index (χ1) is 13.8. The summed E-state index contributed by atoms with van der Waals surface area (Å²) < 4.78 is 52.6. The first kappa shape index (κ1) is 20.8. The Bertz CT molecular complexity index is 1070. The molecule has 3 rings (SSSR count). The summed E-state index contributed by atoms with van der Waals surface area (Å²) >= 11 is 0. The van der Waals surface area contributed by atoms with Crippen molar-refractivity contribution in [2.45, 2.75) is 26.2 Å².